The summed E-state index contributed by atoms with van der Waals surface area (Å²) < 4.78 is 12.1. The van der Waals surface area contributed by atoms with Crippen LogP contribution in [-0.4, -0.2) is 41.9 Å². The van der Waals surface area contributed by atoms with Crippen molar-refractivity contribution in [3.63, 3.8) is 0 Å². The lowest BCUT2D eigenvalue weighted by Crippen LogP contribution is -2.18. The fourth-order valence-corrected chi connectivity index (χ4v) is 1.82. The minimum Gasteiger partial charge on any atom is -0.481 e. The Labute approximate surface area is 118 Å². The molecule has 0 aliphatic heterocycles. The quantitative estimate of drug-likeness (QED) is 0.731. The zero-order chi connectivity index (χ0) is 14.2. The van der Waals surface area contributed by atoms with E-state index in [0.717, 1.165) is 24.5 Å². The maximum atomic E-state index is 5.12. The van der Waals surface area contributed by atoms with E-state index in [1.54, 1.807) is 14.2 Å². The molecule has 0 bridgehead atoms. The molecule has 0 aromatic carbocycles. The highest BCUT2D eigenvalue weighted by Gasteiger charge is 2.02. The fourth-order valence-electron chi connectivity index (χ4n) is 1.82. The van der Waals surface area contributed by atoms with Gasteiger partial charge in [-0.2, -0.15) is 0 Å². The van der Waals surface area contributed by atoms with E-state index in [1.807, 2.05) is 35.3 Å². The van der Waals surface area contributed by atoms with Gasteiger partial charge < -0.3 is 19.4 Å². The van der Waals surface area contributed by atoms with E-state index in [-0.39, 0.29) is 0 Å². The van der Waals surface area contributed by atoms with Crippen molar-refractivity contribution in [2.45, 2.75) is 13.1 Å². The number of methoxy groups -OCH3 is 2. The summed E-state index contributed by atoms with van der Waals surface area (Å²) in [6.07, 6.45) is 3.83. The molecule has 0 unspecified atom stereocenters. The Morgan fingerprint density at radius 3 is 2.95 bits per heavy atom. The third kappa shape index (κ3) is 4.32. The zero-order valence-electron chi connectivity index (χ0n) is 11.9. The maximum Gasteiger partial charge on any atom is 0.213 e. The van der Waals surface area contributed by atoms with Crippen LogP contribution in [0.5, 0.6) is 5.88 Å². The molecular weight excluding hydrogens is 256 g/mol. The Hall–Kier alpha value is -1.92. The Balaban J connectivity index is 1.88. The molecule has 2 heterocycles. The van der Waals surface area contributed by atoms with E-state index in [1.165, 1.54) is 0 Å². The second kappa shape index (κ2) is 7.62. The molecule has 2 aromatic rings. The Morgan fingerprint density at radius 2 is 2.15 bits per heavy atom. The first-order chi connectivity index (χ1) is 9.81. The predicted octanol–water partition coefficient (Wildman–Crippen LogP) is 1.07. The molecule has 2 aromatic heterocycles. The molecule has 0 saturated heterocycles. The molecule has 2 rings (SSSR count). The van der Waals surface area contributed by atoms with Crippen molar-refractivity contribution in [2.75, 3.05) is 27.4 Å². The van der Waals surface area contributed by atoms with Gasteiger partial charge in [-0.3, -0.25) is 0 Å². The normalized spacial score (nSPS) is 10.7. The number of pyridine rings is 1. The first-order valence-corrected chi connectivity index (χ1v) is 6.52. The number of hydrogen-bond acceptors (Lipinski definition) is 5. The monoisotopic (exact) mass is 276 g/mol. The highest BCUT2D eigenvalue weighted by molar-refractivity contribution is 5.16. The number of nitrogens with one attached hydrogen (secondary N) is 1. The first kappa shape index (κ1) is 14.5. The summed E-state index contributed by atoms with van der Waals surface area (Å²) in [5, 5.41) is 3.26. The topological polar surface area (TPSA) is 61.2 Å². The Kier molecular flexibility index (Phi) is 5.52. The summed E-state index contributed by atoms with van der Waals surface area (Å²) >= 11 is 0. The fraction of sp³-hybridized carbons (Fsp3) is 0.429. The van der Waals surface area contributed by atoms with Crippen molar-refractivity contribution < 1.29 is 9.47 Å². The Morgan fingerprint density at radius 1 is 1.25 bits per heavy atom. The summed E-state index contributed by atoms with van der Waals surface area (Å²) in [7, 11) is 3.31. The number of rotatable bonds is 8. The van der Waals surface area contributed by atoms with Crippen LogP contribution in [-0.2, 0) is 17.8 Å². The number of imidazole rings is 1. The second-order valence-electron chi connectivity index (χ2n) is 4.38. The van der Waals surface area contributed by atoms with Crippen molar-refractivity contribution in [3.05, 3.63) is 42.1 Å². The van der Waals surface area contributed by atoms with Crippen molar-refractivity contribution in [2.24, 2.45) is 0 Å². The van der Waals surface area contributed by atoms with E-state index in [2.05, 4.69) is 15.3 Å². The van der Waals surface area contributed by atoms with Gasteiger partial charge in [0, 0.05) is 32.5 Å². The largest absolute Gasteiger partial charge is 0.481 e. The van der Waals surface area contributed by atoms with E-state index in [0.29, 0.717) is 19.0 Å². The summed E-state index contributed by atoms with van der Waals surface area (Å²) in [6, 6.07) is 5.74. The van der Waals surface area contributed by atoms with Gasteiger partial charge >= 0.3 is 0 Å². The Bertz CT molecular complexity index is 527. The lowest BCUT2D eigenvalue weighted by molar-refractivity contribution is 0.199. The molecular formula is C14H20N4O2. The molecule has 0 amide bonds. The van der Waals surface area contributed by atoms with Gasteiger partial charge in [0.2, 0.25) is 5.88 Å². The molecule has 108 valence electrons. The van der Waals surface area contributed by atoms with Gasteiger partial charge in [-0.05, 0) is 6.07 Å². The molecule has 0 atom stereocenters. The predicted molar refractivity (Wildman–Crippen MR) is 75.7 cm³/mol. The van der Waals surface area contributed by atoms with Crippen molar-refractivity contribution >= 4 is 0 Å². The molecule has 0 spiro atoms. The van der Waals surface area contributed by atoms with Gasteiger partial charge in [0.15, 0.2) is 0 Å². The molecule has 6 heteroatoms. The molecule has 6 nitrogen and oxygen atoms in total. The highest BCUT2D eigenvalue weighted by atomic mass is 16.5. The SMILES string of the molecule is COCCNCc1cn(Cc2cccc(OC)n2)cn1. The van der Waals surface area contributed by atoms with Gasteiger partial charge in [0.05, 0.1) is 38.0 Å². The zero-order valence-corrected chi connectivity index (χ0v) is 11.9. The molecule has 0 fully saturated rings. The van der Waals surface area contributed by atoms with Crippen LogP contribution in [0.3, 0.4) is 0 Å². The number of ether oxygens (including phenoxy) is 2. The van der Waals surface area contributed by atoms with Crippen LogP contribution >= 0.6 is 0 Å². The van der Waals surface area contributed by atoms with E-state index < -0.39 is 0 Å². The van der Waals surface area contributed by atoms with Crippen LogP contribution in [0.25, 0.3) is 0 Å². The van der Waals surface area contributed by atoms with Gasteiger partial charge in [-0.25, -0.2) is 9.97 Å². The van der Waals surface area contributed by atoms with Crippen LogP contribution in [0, 0.1) is 0 Å². The lowest BCUT2D eigenvalue weighted by atomic mass is 10.3. The molecule has 0 radical (unpaired) electrons. The van der Waals surface area contributed by atoms with Gasteiger partial charge in [-0.15, -0.1) is 0 Å². The molecule has 1 N–H and O–H groups in total. The minimum absolute atomic E-state index is 0.629. The summed E-state index contributed by atoms with van der Waals surface area (Å²) in [4.78, 5) is 8.73. The number of nitrogens with zero attached hydrogens (tertiary/aromatic N) is 3. The average Bonchev–Trinajstić information content (AvgIpc) is 2.91. The van der Waals surface area contributed by atoms with Crippen LogP contribution in [0.4, 0.5) is 0 Å². The van der Waals surface area contributed by atoms with Crippen LogP contribution in [0.1, 0.15) is 11.4 Å². The second-order valence-corrected chi connectivity index (χ2v) is 4.38. The lowest BCUT2D eigenvalue weighted by Gasteiger charge is -2.04. The van der Waals surface area contributed by atoms with Crippen molar-refractivity contribution in [1.29, 1.82) is 0 Å². The summed E-state index contributed by atoms with van der Waals surface area (Å²) in [6.45, 7) is 2.94. The maximum absolute atomic E-state index is 5.12. The third-order valence-corrected chi connectivity index (χ3v) is 2.81. The molecule has 0 aliphatic carbocycles. The average molecular weight is 276 g/mol. The van der Waals surface area contributed by atoms with Crippen LogP contribution < -0.4 is 10.1 Å². The van der Waals surface area contributed by atoms with Crippen molar-refractivity contribution in [1.82, 2.24) is 19.9 Å². The van der Waals surface area contributed by atoms with E-state index in [4.69, 9.17) is 9.47 Å². The van der Waals surface area contributed by atoms with Gasteiger partial charge in [-0.1, -0.05) is 6.07 Å². The summed E-state index contributed by atoms with van der Waals surface area (Å²) in [5.41, 5.74) is 1.95. The van der Waals surface area contributed by atoms with Crippen LogP contribution in [0.15, 0.2) is 30.7 Å². The highest BCUT2D eigenvalue weighted by Crippen LogP contribution is 2.08. The molecule has 0 saturated carbocycles. The minimum atomic E-state index is 0.629. The third-order valence-electron chi connectivity index (χ3n) is 2.81. The molecule has 20 heavy (non-hydrogen) atoms. The van der Waals surface area contributed by atoms with Crippen LogP contribution in [0.2, 0.25) is 0 Å². The van der Waals surface area contributed by atoms with E-state index >= 15 is 0 Å². The van der Waals surface area contributed by atoms with Crippen molar-refractivity contribution in [3.8, 4) is 5.88 Å². The molecule has 0 aliphatic rings. The number of aromatic nitrogens is 3. The van der Waals surface area contributed by atoms with E-state index in [9.17, 15) is 0 Å². The summed E-state index contributed by atoms with van der Waals surface area (Å²) in [5.74, 6) is 0.629. The standard InChI is InChI=1S/C14H20N4O2/c1-19-7-6-15-8-13-10-18(11-16-13)9-12-4-3-5-14(17-12)20-2/h3-5,10-11,15H,6-9H2,1-2H3. The smallest absolute Gasteiger partial charge is 0.213 e. The first-order valence-electron chi connectivity index (χ1n) is 6.52. The number of hydrogen-bond donors (Lipinski definition) is 1. The van der Waals surface area contributed by atoms with Gasteiger partial charge in [0.1, 0.15) is 0 Å². The van der Waals surface area contributed by atoms with Gasteiger partial charge in [0.25, 0.3) is 0 Å².